The van der Waals surface area contributed by atoms with Crippen LogP contribution in [0.4, 0.5) is 24.5 Å². The Morgan fingerprint density at radius 3 is 2.45 bits per heavy atom. The summed E-state index contributed by atoms with van der Waals surface area (Å²) >= 11 is 0. The van der Waals surface area contributed by atoms with Gasteiger partial charge in [-0.15, -0.1) is 0 Å². The molecule has 0 saturated heterocycles. The fraction of sp³-hybridized carbons (Fsp3) is 0.583. The predicted octanol–water partition coefficient (Wildman–Crippen LogP) is 3.86. The number of nitrogens with one attached hydrogen (secondary N) is 1. The van der Waals surface area contributed by atoms with Crippen molar-refractivity contribution in [2.24, 2.45) is 5.92 Å². The quantitative estimate of drug-likeness (QED) is 0.660. The van der Waals surface area contributed by atoms with Gasteiger partial charge in [0, 0.05) is 6.04 Å². The van der Waals surface area contributed by atoms with Crippen molar-refractivity contribution in [1.82, 2.24) is 4.98 Å². The highest BCUT2D eigenvalue weighted by Gasteiger charge is 2.34. The number of nitrogens with zero attached hydrogens (tertiary/aromatic N) is 2. The molecule has 0 aliphatic heterocycles. The molecule has 0 saturated carbocycles. The molecule has 0 spiro atoms. The monoisotopic (exact) mass is 291 g/mol. The summed E-state index contributed by atoms with van der Waals surface area (Å²) in [4.78, 5) is 13.2. The van der Waals surface area contributed by atoms with Gasteiger partial charge in [0.1, 0.15) is 17.6 Å². The van der Waals surface area contributed by atoms with Gasteiger partial charge in [0.2, 0.25) is 0 Å². The van der Waals surface area contributed by atoms with Crippen molar-refractivity contribution >= 4 is 11.4 Å². The van der Waals surface area contributed by atoms with Crippen LogP contribution in [0.5, 0.6) is 0 Å². The second-order valence-corrected chi connectivity index (χ2v) is 5.02. The minimum atomic E-state index is -4.63. The number of pyridine rings is 1. The number of rotatable bonds is 5. The highest BCUT2D eigenvalue weighted by atomic mass is 19.4. The van der Waals surface area contributed by atoms with Crippen LogP contribution in [-0.2, 0) is 6.18 Å². The average molecular weight is 291 g/mol. The first-order valence-electron chi connectivity index (χ1n) is 6.09. The topological polar surface area (TPSA) is 68.1 Å². The van der Waals surface area contributed by atoms with E-state index in [2.05, 4.69) is 10.3 Å². The molecule has 112 valence electrons. The third kappa shape index (κ3) is 4.36. The lowest BCUT2D eigenvalue weighted by molar-refractivity contribution is -0.384. The largest absolute Gasteiger partial charge is 0.433 e. The van der Waals surface area contributed by atoms with Gasteiger partial charge in [-0.05, 0) is 25.3 Å². The molecule has 0 aromatic carbocycles. The van der Waals surface area contributed by atoms with Gasteiger partial charge in [-0.2, -0.15) is 13.2 Å². The van der Waals surface area contributed by atoms with E-state index in [1.807, 2.05) is 13.8 Å². The Hall–Kier alpha value is -1.86. The Balaban J connectivity index is 3.09. The smallest absolute Gasteiger partial charge is 0.377 e. The van der Waals surface area contributed by atoms with Crippen molar-refractivity contribution < 1.29 is 18.1 Å². The summed E-state index contributed by atoms with van der Waals surface area (Å²) < 4.78 is 37.8. The molecule has 1 rings (SSSR count). The first-order valence-corrected chi connectivity index (χ1v) is 6.09. The van der Waals surface area contributed by atoms with Crippen LogP contribution in [0.3, 0.4) is 0 Å². The minimum absolute atomic E-state index is 0.162. The van der Waals surface area contributed by atoms with Crippen LogP contribution in [0.25, 0.3) is 0 Å². The Morgan fingerprint density at radius 2 is 2.00 bits per heavy atom. The molecule has 8 heteroatoms. The maximum Gasteiger partial charge on any atom is 0.433 e. The maximum atomic E-state index is 12.6. The van der Waals surface area contributed by atoms with E-state index in [1.165, 1.54) is 0 Å². The molecular weight excluding hydrogens is 275 g/mol. The predicted molar refractivity (Wildman–Crippen MR) is 68.4 cm³/mol. The lowest BCUT2D eigenvalue weighted by atomic mass is 10.0. The first kappa shape index (κ1) is 16.2. The normalized spacial score (nSPS) is 13.3. The minimum Gasteiger partial charge on any atom is -0.377 e. The Labute approximate surface area is 114 Å². The highest BCUT2D eigenvalue weighted by molar-refractivity contribution is 5.61. The molecule has 5 nitrogen and oxygen atoms in total. The molecule has 0 bridgehead atoms. The lowest BCUT2D eigenvalue weighted by Gasteiger charge is -2.17. The Bertz CT molecular complexity index is 489. The van der Waals surface area contributed by atoms with Gasteiger partial charge in [-0.25, -0.2) is 4.98 Å². The summed E-state index contributed by atoms with van der Waals surface area (Å²) in [5, 5.41) is 13.6. The van der Waals surface area contributed by atoms with Crippen molar-refractivity contribution in [2.75, 3.05) is 5.32 Å². The summed E-state index contributed by atoms with van der Waals surface area (Å²) in [6.45, 7) is 5.68. The zero-order valence-corrected chi connectivity index (χ0v) is 11.4. The summed E-state index contributed by atoms with van der Waals surface area (Å²) in [7, 11) is 0. The van der Waals surface area contributed by atoms with Crippen molar-refractivity contribution in [2.45, 2.75) is 39.4 Å². The summed E-state index contributed by atoms with van der Waals surface area (Å²) in [6.07, 6.45) is -3.32. The zero-order valence-electron chi connectivity index (χ0n) is 11.4. The zero-order chi connectivity index (χ0) is 15.5. The molecule has 0 amide bonds. The molecule has 0 fully saturated rings. The lowest BCUT2D eigenvalue weighted by Crippen LogP contribution is -2.19. The van der Waals surface area contributed by atoms with E-state index in [1.54, 1.807) is 6.92 Å². The number of nitro groups is 1. The van der Waals surface area contributed by atoms with E-state index < -0.39 is 22.5 Å². The van der Waals surface area contributed by atoms with Gasteiger partial charge in [-0.3, -0.25) is 10.1 Å². The van der Waals surface area contributed by atoms with Crippen molar-refractivity contribution in [1.29, 1.82) is 0 Å². The molecule has 1 aromatic rings. The summed E-state index contributed by atoms with van der Waals surface area (Å²) in [5.74, 6) is 0.320. The summed E-state index contributed by atoms with van der Waals surface area (Å²) in [5.41, 5.74) is -1.78. The van der Waals surface area contributed by atoms with Gasteiger partial charge < -0.3 is 5.32 Å². The molecule has 0 aliphatic rings. The maximum absolute atomic E-state index is 12.6. The van der Waals surface area contributed by atoms with E-state index in [4.69, 9.17) is 0 Å². The molecule has 20 heavy (non-hydrogen) atoms. The third-order valence-corrected chi connectivity index (χ3v) is 2.60. The van der Waals surface area contributed by atoms with E-state index in [-0.39, 0.29) is 11.7 Å². The summed E-state index contributed by atoms with van der Waals surface area (Å²) in [6, 6.07) is 0.492. The molecule has 1 aromatic heterocycles. The Kier molecular flexibility index (Phi) is 4.91. The fourth-order valence-electron chi connectivity index (χ4n) is 1.90. The number of hydrogen-bond acceptors (Lipinski definition) is 4. The van der Waals surface area contributed by atoms with Crippen LogP contribution in [-0.4, -0.2) is 15.9 Å². The van der Waals surface area contributed by atoms with E-state index >= 15 is 0 Å². The molecule has 1 atom stereocenters. The van der Waals surface area contributed by atoms with Gasteiger partial charge in [0.15, 0.2) is 0 Å². The van der Waals surface area contributed by atoms with Crippen LogP contribution in [0.15, 0.2) is 12.3 Å². The molecule has 1 heterocycles. The van der Waals surface area contributed by atoms with Crippen LogP contribution >= 0.6 is 0 Å². The SMILES string of the molecule is CC(C)CC(C)Nc1cc(C(F)(F)F)ncc1[N+](=O)[O-]. The number of halogens is 3. The molecule has 1 N–H and O–H groups in total. The van der Waals surface area contributed by atoms with Crippen LogP contribution in [0.2, 0.25) is 0 Å². The second-order valence-electron chi connectivity index (χ2n) is 5.02. The fourth-order valence-corrected chi connectivity index (χ4v) is 1.90. The molecule has 0 aliphatic carbocycles. The Morgan fingerprint density at radius 1 is 1.40 bits per heavy atom. The van der Waals surface area contributed by atoms with Crippen LogP contribution in [0.1, 0.15) is 32.9 Å². The number of alkyl halides is 3. The van der Waals surface area contributed by atoms with Crippen molar-refractivity contribution in [3.63, 3.8) is 0 Å². The van der Waals surface area contributed by atoms with E-state index in [0.717, 1.165) is 0 Å². The van der Waals surface area contributed by atoms with Crippen LogP contribution < -0.4 is 5.32 Å². The van der Waals surface area contributed by atoms with Crippen molar-refractivity contribution in [3.05, 3.63) is 28.1 Å². The van der Waals surface area contributed by atoms with Gasteiger partial charge in [0.25, 0.3) is 0 Å². The average Bonchev–Trinajstić information content (AvgIpc) is 2.25. The number of hydrogen-bond donors (Lipinski definition) is 1. The number of anilines is 1. The van der Waals surface area contributed by atoms with Gasteiger partial charge in [0.05, 0.1) is 4.92 Å². The number of aromatic nitrogens is 1. The standard InChI is InChI=1S/C12H16F3N3O2/c1-7(2)4-8(3)17-9-5-11(12(13,14)15)16-6-10(9)18(19)20/h5-8H,4H2,1-3H3,(H,16,17). The van der Waals surface area contributed by atoms with Crippen LogP contribution in [0, 0.1) is 16.0 Å². The molecular formula is C12H16F3N3O2. The van der Waals surface area contributed by atoms with E-state index in [0.29, 0.717) is 24.6 Å². The molecule has 1 unspecified atom stereocenters. The molecule has 0 radical (unpaired) electrons. The first-order chi connectivity index (χ1) is 9.11. The van der Waals surface area contributed by atoms with Gasteiger partial charge >= 0.3 is 11.9 Å². The third-order valence-electron chi connectivity index (χ3n) is 2.60. The van der Waals surface area contributed by atoms with Crippen molar-refractivity contribution in [3.8, 4) is 0 Å². The van der Waals surface area contributed by atoms with E-state index in [9.17, 15) is 23.3 Å². The highest BCUT2D eigenvalue weighted by Crippen LogP contribution is 2.33. The second kappa shape index (κ2) is 6.06. The van der Waals surface area contributed by atoms with Gasteiger partial charge in [-0.1, -0.05) is 13.8 Å².